The third-order valence-corrected chi connectivity index (χ3v) is 3.57. The number of carboxylic acids is 1. The molecule has 0 aliphatic carbocycles. The van der Waals surface area contributed by atoms with E-state index >= 15 is 0 Å². The number of carboxylic acid groups (broad SMARTS) is 1. The average molecular weight is 241 g/mol. The van der Waals surface area contributed by atoms with Gasteiger partial charge in [0.1, 0.15) is 0 Å². The van der Waals surface area contributed by atoms with E-state index in [4.69, 9.17) is 5.11 Å². The lowest BCUT2D eigenvalue weighted by Crippen LogP contribution is -2.37. The summed E-state index contributed by atoms with van der Waals surface area (Å²) in [5, 5.41) is 8.93. The van der Waals surface area contributed by atoms with Gasteiger partial charge in [-0.2, -0.15) is 0 Å². The summed E-state index contributed by atoms with van der Waals surface area (Å²) < 4.78 is 0. The Morgan fingerprint density at radius 2 is 2.06 bits per heavy atom. The van der Waals surface area contributed by atoms with Crippen molar-refractivity contribution in [3.63, 3.8) is 0 Å². The molecule has 0 radical (unpaired) electrons. The predicted molar refractivity (Wildman–Crippen MR) is 65.6 cm³/mol. The molecule has 4 heteroatoms. The Labute approximate surface area is 103 Å². The fourth-order valence-electron chi connectivity index (χ4n) is 2.45. The van der Waals surface area contributed by atoms with Crippen LogP contribution in [0.1, 0.15) is 40.0 Å². The molecule has 1 N–H and O–H groups in total. The van der Waals surface area contributed by atoms with Crippen molar-refractivity contribution in [3.8, 4) is 0 Å². The Balaban J connectivity index is 2.60. The van der Waals surface area contributed by atoms with Crippen LogP contribution in [0.2, 0.25) is 0 Å². The Hall–Kier alpha value is -1.06. The zero-order valence-corrected chi connectivity index (χ0v) is 11.0. The van der Waals surface area contributed by atoms with Crippen LogP contribution in [0.5, 0.6) is 0 Å². The standard InChI is InChI=1S/C13H23NO3/c1-4-5-11(9(2)3)12(15)14-7-6-10(8-14)13(16)17/h9-11H,4-8H2,1-3H3,(H,16,17). The first-order valence-corrected chi connectivity index (χ1v) is 6.49. The Kier molecular flexibility index (Phi) is 4.97. The lowest BCUT2D eigenvalue weighted by molar-refractivity contribution is -0.141. The molecule has 1 aliphatic heterocycles. The molecular formula is C13H23NO3. The van der Waals surface area contributed by atoms with Gasteiger partial charge >= 0.3 is 5.97 Å². The monoisotopic (exact) mass is 241 g/mol. The summed E-state index contributed by atoms with van der Waals surface area (Å²) in [7, 11) is 0. The number of nitrogens with zero attached hydrogens (tertiary/aromatic N) is 1. The zero-order valence-electron chi connectivity index (χ0n) is 11.0. The van der Waals surface area contributed by atoms with Crippen molar-refractivity contribution < 1.29 is 14.7 Å². The van der Waals surface area contributed by atoms with Crippen molar-refractivity contribution in [2.45, 2.75) is 40.0 Å². The molecule has 2 atom stereocenters. The summed E-state index contributed by atoms with van der Waals surface area (Å²) in [5.74, 6) is -0.630. The van der Waals surface area contributed by atoms with Crippen molar-refractivity contribution in [1.29, 1.82) is 0 Å². The fraction of sp³-hybridized carbons (Fsp3) is 0.846. The van der Waals surface area contributed by atoms with E-state index < -0.39 is 5.97 Å². The van der Waals surface area contributed by atoms with Gasteiger partial charge in [0.2, 0.25) is 5.91 Å². The van der Waals surface area contributed by atoms with Crippen LogP contribution in [0.4, 0.5) is 0 Å². The minimum atomic E-state index is -0.781. The van der Waals surface area contributed by atoms with E-state index in [9.17, 15) is 9.59 Å². The van der Waals surface area contributed by atoms with Gasteiger partial charge in [0.25, 0.3) is 0 Å². The summed E-state index contributed by atoms with van der Waals surface area (Å²) in [6.07, 6.45) is 2.48. The van der Waals surface area contributed by atoms with Gasteiger partial charge in [-0.25, -0.2) is 0 Å². The third-order valence-electron chi connectivity index (χ3n) is 3.57. The van der Waals surface area contributed by atoms with Gasteiger partial charge in [-0.1, -0.05) is 27.2 Å². The number of hydrogen-bond acceptors (Lipinski definition) is 2. The molecule has 0 saturated carbocycles. The normalized spacial score (nSPS) is 21.9. The number of amides is 1. The van der Waals surface area contributed by atoms with Crippen LogP contribution in [0.25, 0.3) is 0 Å². The van der Waals surface area contributed by atoms with Gasteiger partial charge in [-0.15, -0.1) is 0 Å². The highest BCUT2D eigenvalue weighted by atomic mass is 16.4. The third kappa shape index (κ3) is 3.45. The highest BCUT2D eigenvalue weighted by Crippen LogP contribution is 2.24. The molecule has 0 spiro atoms. The molecule has 1 amide bonds. The first-order chi connectivity index (χ1) is 7.97. The molecule has 4 nitrogen and oxygen atoms in total. The summed E-state index contributed by atoms with van der Waals surface area (Å²) in [6, 6.07) is 0. The van der Waals surface area contributed by atoms with E-state index in [0.717, 1.165) is 12.8 Å². The number of rotatable bonds is 5. The smallest absolute Gasteiger partial charge is 0.308 e. The number of carbonyl (C=O) groups excluding carboxylic acids is 1. The van der Waals surface area contributed by atoms with Gasteiger partial charge in [0, 0.05) is 19.0 Å². The maximum atomic E-state index is 12.3. The van der Waals surface area contributed by atoms with Crippen LogP contribution in [0, 0.1) is 17.8 Å². The van der Waals surface area contributed by atoms with Gasteiger partial charge < -0.3 is 10.0 Å². The molecular weight excluding hydrogens is 218 g/mol. The van der Waals surface area contributed by atoms with Gasteiger partial charge in [-0.05, 0) is 18.8 Å². The first kappa shape index (κ1) is 14.0. The summed E-state index contributed by atoms with van der Waals surface area (Å²) in [6.45, 7) is 7.18. The number of aliphatic carboxylic acids is 1. The molecule has 98 valence electrons. The van der Waals surface area contributed by atoms with Crippen LogP contribution in [-0.4, -0.2) is 35.0 Å². The van der Waals surface area contributed by atoms with E-state index in [-0.39, 0.29) is 17.7 Å². The van der Waals surface area contributed by atoms with Crippen molar-refractivity contribution in [3.05, 3.63) is 0 Å². The number of likely N-dealkylation sites (tertiary alicyclic amines) is 1. The molecule has 0 aromatic rings. The topological polar surface area (TPSA) is 57.6 Å². The van der Waals surface area contributed by atoms with Gasteiger partial charge in [-0.3, -0.25) is 9.59 Å². The van der Waals surface area contributed by atoms with Crippen molar-refractivity contribution in [2.24, 2.45) is 17.8 Å². The second kappa shape index (κ2) is 6.03. The maximum Gasteiger partial charge on any atom is 0.308 e. The Morgan fingerprint density at radius 1 is 1.41 bits per heavy atom. The molecule has 0 aromatic heterocycles. The minimum Gasteiger partial charge on any atom is -0.481 e. The molecule has 1 rings (SSSR count). The summed E-state index contributed by atoms with van der Waals surface area (Å²) in [4.78, 5) is 24.9. The fourth-order valence-corrected chi connectivity index (χ4v) is 2.45. The van der Waals surface area contributed by atoms with Crippen LogP contribution in [0.3, 0.4) is 0 Å². The molecule has 2 unspecified atom stereocenters. The van der Waals surface area contributed by atoms with Crippen molar-refractivity contribution in [1.82, 2.24) is 4.90 Å². The molecule has 17 heavy (non-hydrogen) atoms. The van der Waals surface area contributed by atoms with Crippen LogP contribution >= 0.6 is 0 Å². The zero-order chi connectivity index (χ0) is 13.0. The van der Waals surface area contributed by atoms with Gasteiger partial charge in [0.15, 0.2) is 0 Å². The quantitative estimate of drug-likeness (QED) is 0.800. The largest absolute Gasteiger partial charge is 0.481 e. The lowest BCUT2D eigenvalue weighted by Gasteiger charge is -2.25. The SMILES string of the molecule is CCCC(C(=O)N1CCC(C(=O)O)C1)C(C)C. The molecule has 1 heterocycles. The number of carbonyl (C=O) groups is 2. The second-order valence-corrected chi connectivity index (χ2v) is 5.25. The van der Waals surface area contributed by atoms with E-state index in [1.807, 2.05) is 0 Å². The molecule has 1 aliphatic rings. The van der Waals surface area contributed by atoms with Crippen molar-refractivity contribution >= 4 is 11.9 Å². The molecule has 1 saturated heterocycles. The summed E-state index contributed by atoms with van der Waals surface area (Å²) >= 11 is 0. The highest BCUT2D eigenvalue weighted by molar-refractivity contribution is 5.81. The van der Waals surface area contributed by atoms with E-state index in [1.54, 1.807) is 4.90 Å². The van der Waals surface area contributed by atoms with Crippen LogP contribution < -0.4 is 0 Å². The highest BCUT2D eigenvalue weighted by Gasteiger charge is 2.34. The summed E-state index contributed by atoms with van der Waals surface area (Å²) in [5.41, 5.74) is 0. The molecule has 0 bridgehead atoms. The first-order valence-electron chi connectivity index (χ1n) is 6.49. The minimum absolute atomic E-state index is 0.0487. The molecule has 0 aromatic carbocycles. The Morgan fingerprint density at radius 3 is 2.47 bits per heavy atom. The second-order valence-electron chi connectivity index (χ2n) is 5.25. The van der Waals surface area contributed by atoms with Crippen molar-refractivity contribution in [2.75, 3.05) is 13.1 Å². The lowest BCUT2D eigenvalue weighted by atomic mass is 9.90. The van der Waals surface area contributed by atoms with Gasteiger partial charge in [0.05, 0.1) is 5.92 Å². The van der Waals surface area contributed by atoms with E-state index in [2.05, 4.69) is 20.8 Å². The molecule has 1 fully saturated rings. The van der Waals surface area contributed by atoms with Crippen LogP contribution in [-0.2, 0) is 9.59 Å². The maximum absolute atomic E-state index is 12.3. The number of hydrogen-bond donors (Lipinski definition) is 1. The predicted octanol–water partition coefficient (Wildman–Crippen LogP) is 1.99. The van der Waals surface area contributed by atoms with Crippen LogP contribution in [0.15, 0.2) is 0 Å². The Bertz CT molecular complexity index is 288. The van der Waals surface area contributed by atoms with E-state index in [0.29, 0.717) is 25.4 Å². The van der Waals surface area contributed by atoms with E-state index in [1.165, 1.54) is 0 Å². The average Bonchev–Trinajstić information content (AvgIpc) is 2.73.